The van der Waals surface area contributed by atoms with E-state index in [9.17, 15) is 14.0 Å². The number of benzene rings is 2. The van der Waals surface area contributed by atoms with Gasteiger partial charge in [0.1, 0.15) is 5.82 Å². The van der Waals surface area contributed by atoms with Crippen LogP contribution in [0.3, 0.4) is 0 Å². The largest absolute Gasteiger partial charge is 0.414 e. The molecule has 0 radical (unpaired) electrons. The van der Waals surface area contributed by atoms with Gasteiger partial charge in [-0.15, -0.1) is 11.6 Å². The van der Waals surface area contributed by atoms with E-state index in [4.69, 9.17) is 11.6 Å². The average Bonchev–Trinajstić information content (AvgIpc) is 2.60. The van der Waals surface area contributed by atoms with E-state index in [0.29, 0.717) is 6.54 Å². The van der Waals surface area contributed by atoms with E-state index >= 15 is 0 Å². The molecular formula is C18H17BrClFN2O3. The van der Waals surface area contributed by atoms with Gasteiger partial charge in [-0.1, -0.05) is 22.0 Å². The standard InChI is InChI=1S/C18H17BrClFN2O3/c19-13-2-1-3-16(12-13)23(15-6-4-14(21)5-7-15)11-10-22-18(25)26-17(24)8-9-20/h1-7,12H,8-11H2,(H,22,25). The second-order valence-corrected chi connectivity index (χ2v) is 6.53. The molecule has 0 aliphatic rings. The summed E-state index contributed by atoms with van der Waals surface area (Å²) in [4.78, 5) is 24.8. The van der Waals surface area contributed by atoms with E-state index in [1.807, 2.05) is 29.2 Å². The molecule has 0 fully saturated rings. The molecule has 0 bridgehead atoms. The summed E-state index contributed by atoms with van der Waals surface area (Å²) in [6.45, 7) is 0.609. The Morgan fingerprint density at radius 2 is 1.88 bits per heavy atom. The van der Waals surface area contributed by atoms with Crippen molar-refractivity contribution in [1.82, 2.24) is 5.32 Å². The van der Waals surface area contributed by atoms with Crippen molar-refractivity contribution in [3.8, 4) is 0 Å². The Hall–Kier alpha value is -2.12. The van der Waals surface area contributed by atoms with Gasteiger partial charge in [-0.05, 0) is 42.5 Å². The van der Waals surface area contributed by atoms with Gasteiger partial charge in [0.2, 0.25) is 0 Å². The minimum absolute atomic E-state index is 0.0330. The van der Waals surface area contributed by atoms with E-state index in [0.717, 1.165) is 15.8 Å². The maximum absolute atomic E-state index is 13.2. The normalized spacial score (nSPS) is 10.3. The minimum atomic E-state index is -0.826. The van der Waals surface area contributed by atoms with Crippen LogP contribution >= 0.6 is 27.5 Å². The van der Waals surface area contributed by atoms with Crippen molar-refractivity contribution in [3.05, 3.63) is 58.8 Å². The van der Waals surface area contributed by atoms with Crippen LogP contribution in [-0.4, -0.2) is 31.0 Å². The van der Waals surface area contributed by atoms with Crippen molar-refractivity contribution in [3.63, 3.8) is 0 Å². The highest BCUT2D eigenvalue weighted by Gasteiger charge is 2.13. The van der Waals surface area contributed by atoms with E-state index in [2.05, 4.69) is 26.0 Å². The van der Waals surface area contributed by atoms with Gasteiger partial charge in [0.05, 0.1) is 6.42 Å². The topological polar surface area (TPSA) is 58.6 Å². The summed E-state index contributed by atoms with van der Waals surface area (Å²) >= 11 is 8.84. The first kappa shape index (κ1) is 20.2. The fraction of sp³-hybridized carbons (Fsp3) is 0.222. The number of carbonyl (C=O) groups is 2. The number of amides is 1. The van der Waals surface area contributed by atoms with Gasteiger partial charge in [0, 0.05) is 34.8 Å². The molecule has 0 aliphatic carbocycles. The lowest BCUT2D eigenvalue weighted by molar-refractivity contribution is -0.136. The molecule has 1 N–H and O–H groups in total. The number of nitrogens with one attached hydrogen (secondary N) is 1. The van der Waals surface area contributed by atoms with Crippen molar-refractivity contribution in [2.45, 2.75) is 6.42 Å². The first-order valence-electron chi connectivity index (χ1n) is 7.83. The number of carbonyl (C=O) groups excluding carboxylic acids is 2. The van der Waals surface area contributed by atoms with Crippen molar-refractivity contribution in [2.24, 2.45) is 0 Å². The van der Waals surface area contributed by atoms with Crippen LogP contribution in [-0.2, 0) is 9.53 Å². The Labute approximate surface area is 164 Å². The van der Waals surface area contributed by atoms with E-state index in [1.165, 1.54) is 12.1 Å². The third-order valence-corrected chi connectivity index (χ3v) is 4.05. The molecule has 26 heavy (non-hydrogen) atoms. The monoisotopic (exact) mass is 442 g/mol. The molecule has 0 heterocycles. The number of anilines is 2. The summed E-state index contributed by atoms with van der Waals surface area (Å²) in [5.74, 6) is -0.921. The second-order valence-electron chi connectivity index (χ2n) is 5.24. The van der Waals surface area contributed by atoms with Crippen LogP contribution < -0.4 is 10.2 Å². The van der Waals surface area contributed by atoms with Crippen molar-refractivity contribution < 1.29 is 18.7 Å². The van der Waals surface area contributed by atoms with Crippen LogP contribution in [0.5, 0.6) is 0 Å². The van der Waals surface area contributed by atoms with E-state index < -0.39 is 12.1 Å². The average molecular weight is 444 g/mol. The summed E-state index contributed by atoms with van der Waals surface area (Å²) in [5, 5.41) is 2.52. The number of hydrogen-bond donors (Lipinski definition) is 1. The number of hydrogen-bond acceptors (Lipinski definition) is 4. The zero-order chi connectivity index (χ0) is 18.9. The van der Waals surface area contributed by atoms with Crippen molar-refractivity contribution >= 4 is 51.0 Å². The highest BCUT2D eigenvalue weighted by molar-refractivity contribution is 9.10. The number of halogens is 3. The summed E-state index contributed by atoms with van der Waals surface area (Å²) in [6, 6.07) is 13.6. The quantitative estimate of drug-likeness (QED) is 0.386. The smallest absolute Gasteiger partial charge is 0.376 e. The predicted molar refractivity (Wildman–Crippen MR) is 102 cm³/mol. The third-order valence-electron chi connectivity index (χ3n) is 3.37. The van der Waals surface area contributed by atoms with Crippen molar-refractivity contribution in [2.75, 3.05) is 23.9 Å². The van der Waals surface area contributed by atoms with Crippen LogP contribution in [0.15, 0.2) is 53.0 Å². The summed E-state index contributed by atoms with van der Waals surface area (Å²) in [7, 11) is 0. The van der Waals surface area contributed by atoms with Crippen LogP contribution in [0.2, 0.25) is 0 Å². The molecule has 0 unspecified atom stereocenters. The molecule has 1 amide bonds. The molecule has 2 aromatic rings. The lowest BCUT2D eigenvalue weighted by Crippen LogP contribution is -2.34. The number of esters is 1. The Morgan fingerprint density at radius 3 is 2.54 bits per heavy atom. The zero-order valence-electron chi connectivity index (χ0n) is 13.8. The summed E-state index contributed by atoms with van der Waals surface area (Å²) < 4.78 is 18.7. The van der Waals surface area contributed by atoms with Crippen LogP contribution in [0.25, 0.3) is 0 Å². The number of alkyl halides is 1. The maximum atomic E-state index is 13.2. The third kappa shape index (κ3) is 6.31. The van der Waals surface area contributed by atoms with E-state index in [-0.39, 0.29) is 24.7 Å². The highest BCUT2D eigenvalue weighted by atomic mass is 79.9. The second kappa shape index (κ2) is 10.1. The lowest BCUT2D eigenvalue weighted by Gasteiger charge is -2.25. The van der Waals surface area contributed by atoms with Gasteiger partial charge >= 0.3 is 12.1 Å². The molecule has 138 valence electrons. The zero-order valence-corrected chi connectivity index (χ0v) is 16.1. The Kier molecular flexibility index (Phi) is 7.87. The van der Waals surface area contributed by atoms with Gasteiger partial charge in [-0.25, -0.2) is 9.18 Å². The molecule has 0 saturated heterocycles. The SMILES string of the molecule is O=C(CCCl)OC(=O)NCCN(c1ccc(F)cc1)c1cccc(Br)c1. The minimum Gasteiger partial charge on any atom is -0.376 e. The number of ether oxygens (including phenoxy) is 1. The molecule has 0 aromatic heterocycles. The van der Waals surface area contributed by atoms with Gasteiger partial charge in [-0.3, -0.25) is 4.79 Å². The molecule has 5 nitrogen and oxygen atoms in total. The van der Waals surface area contributed by atoms with Crippen molar-refractivity contribution in [1.29, 1.82) is 0 Å². The maximum Gasteiger partial charge on any atom is 0.414 e. The van der Waals surface area contributed by atoms with Crippen LogP contribution in [0, 0.1) is 5.82 Å². The number of nitrogens with zero attached hydrogens (tertiary/aromatic N) is 1. The van der Waals surface area contributed by atoms with Gasteiger partial charge in [-0.2, -0.15) is 0 Å². The molecule has 8 heteroatoms. The summed E-state index contributed by atoms with van der Waals surface area (Å²) in [5.41, 5.74) is 1.62. The van der Waals surface area contributed by atoms with Gasteiger partial charge < -0.3 is 15.0 Å². The highest BCUT2D eigenvalue weighted by Crippen LogP contribution is 2.27. The summed E-state index contributed by atoms with van der Waals surface area (Å²) in [6.07, 6.45) is -0.859. The fourth-order valence-corrected chi connectivity index (χ4v) is 2.75. The molecular weight excluding hydrogens is 427 g/mol. The Morgan fingerprint density at radius 1 is 1.15 bits per heavy atom. The molecule has 0 atom stereocenters. The van der Waals surface area contributed by atoms with Crippen LogP contribution in [0.4, 0.5) is 20.6 Å². The molecule has 2 aromatic carbocycles. The molecule has 0 aliphatic heterocycles. The predicted octanol–water partition coefficient (Wildman–Crippen LogP) is 4.61. The fourth-order valence-electron chi connectivity index (χ4n) is 2.21. The Bertz CT molecular complexity index is 758. The number of alkyl carbamates (subject to hydrolysis) is 1. The van der Waals surface area contributed by atoms with E-state index in [1.54, 1.807) is 12.1 Å². The van der Waals surface area contributed by atoms with Gasteiger partial charge in [0.25, 0.3) is 0 Å². The van der Waals surface area contributed by atoms with Crippen LogP contribution in [0.1, 0.15) is 6.42 Å². The lowest BCUT2D eigenvalue weighted by atomic mass is 10.2. The molecule has 0 saturated carbocycles. The van der Waals surface area contributed by atoms with Gasteiger partial charge in [0.15, 0.2) is 0 Å². The molecule has 0 spiro atoms. The number of rotatable bonds is 7. The first-order chi connectivity index (χ1) is 12.5. The molecule has 2 rings (SSSR count). The Balaban J connectivity index is 2.04. The first-order valence-corrected chi connectivity index (χ1v) is 9.15.